The zero-order valence-corrected chi connectivity index (χ0v) is 26.1. The molecule has 0 fully saturated rings. The molecular weight excluding hydrogens is 478 g/mol. The van der Waals surface area contributed by atoms with Gasteiger partial charge >= 0.3 is 0 Å². The van der Waals surface area contributed by atoms with Crippen LogP contribution >= 0.6 is 0 Å². The molecule has 0 aliphatic carbocycles. The minimum absolute atomic E-state index is 0.190. The molecule has 0 heterocycles. The molecule has 0 unspecified atom stereocenters. The van der Waals surface area contributed by atoms with Gasteiger partial charge < -0.3 is 4.90 Å². The average molecular weight is 540 g/mol. The summed E-state index contributed by atoms with van der Waals surface area (Å²) in [5.74, 6) is 0. The highest BCUT2D eigenvalue weighted by molar-refractivity contribution is 7.86. The molecule has 0 radical (unpaired) electrons. The molecule has 4 nitrogen and oxygen atoms in total. The number of aryl methyl sites for hydroxylation is 1. The van der Waals surface area contributed by atoms with Crippen LogP contribution in [0.15, 0.2) is 29.2 Å². The maximum absolute atomic E-state index is 11.1. The van der Waals surface area contributed by atoms with E-state index in [2.05, 4.69) is 29.9 Å². The molecule has 5 heteroatoms. The second-order valence-electron chi connectivity index (χ2n) is 10.6. The fourth-order valence-corrected chi connectivity index (χ4v) is 5.15. The molecule has 1 aromatic carbocycles. The van der Waals surface area contributed by atoms with Crippen LogP contribution in [0.2, 0.25) is 0 Å². The Morgan fingerprint density at radius 1 is 0.568 bits per heavy atom. The molecule has 0 aliphatic heterocycles. The van der Waals surface area contributed by atoms with Gasteiger partial charge in [-0.3, -0.25) is 4.18 Å². The lowest BCUT2D eigenvalue weighted by Crippen LogP contribution is -2.27. The normalized spacial score (nSPS) is 11.5. The van der Waals surface area contributed by atoms with Crippen molar-refractivity contribution in [2.24, 2.45) is 0 Å². The summed E-state index contributed by atoms with van der Waals surface area (Å²) in [4.78, 5) is 2.98. The lowest BCUT2D eigenvalue weighted by molar-refractivity contribution is 0.254. The predicted molar refractivity (Wildman–Crippen MR) is 162 cm³/mol. The molecule has 0 saturated heterocycles. The van der Waals surface area contributed by atoms with Gasteiger partial charge in [0.2, 0.25) is 0 Å². The van der Waals surface area contributed by atoms with E-state index in [9.17, 15) is 8.42 Å². The molecule has 0 aromatic heterocycles. The van der Waals surface area contributed by atoms with Crippen molar-refractivity contribution in [3.63, 3.8) is 0 Å². The van der Waals surface area contributed by atoms with Crippen LogP contribution in [-0.4, -0.2) is 40.1 Å². The fourth-order valence-electron chi connectivity index (χ4n) is 4.48. The molecule has 0 amide bonds. The summed E-state index contributed by atoms with van der Waals surface area (Å²) in [6, 6.07) is 6.50. The van der Waals surface area contributed by atoms with Crippen molar-refractivity contribution in [2.75, 3.05) is 26.7 Å². The summed E-state index contributed by atoms with van der Waals surface area (Å²) in [5, 5.41) is 0. The highest BCUT2D eigenvalue weighted by atomic mass is 32.2. The van der Waals surface area contributed by atoms with Gasteiger partial charge in [0, 0.05) is 0 Å². The molecule has 0 aliphatic rings. The van der Waals surface area contributed by atoms with Crippen LogP contribution in [0.1, 0.15) is 142 Å². The Morgan fingerprint density at radius 2 is 0.892 bits per heavy atom. The largest absolute Gasteiger partial charge is 0.303 e. The molecule has 37 heavy (non-hydrogen) atoms. The SMILES string of the molecule is CCCCCCCCN(CCCCCCCC)CCCCCCCC.COS(=O)(=O)c1ccc(C)cc1. The van der Waals surface area contributed by atoms with Gasteiger partial charge in [-0.15, -0.1) is 0 Å². The smallest absolute Gasteiger partial charge is 0.296 e. The van der Waals surface area contributed by atoms with Gasteiger partial charge in [-0.2, -0.15) is 8.42 Å². The number of benzene rings is 1. The molecule has 0 N–H and O–H groups in total. The van der Waals surface area contributed by atoms with E-state index in [1.807, 2.05) is 6.92 Å². The lowest BCUT2D eigenvalue weighted by atomic mass is 10.1. The molecule has 1 rings (SSSR count). The molecule has 218 valence electrons. The van der Waals surface area contributed by atoms with Crippen LogP contribution in [0, 0.1) is 6.92 Å². The predicted octanol–water partition coefficient (Wildman–Crippen LogP) is 9.70. The van der Waals surface area contributed by atoms with Crippen LogP contribution in [0.5, 0.6) is 0 Å². The molecule has 0 bridgehead atoms. The van der Waals surface area contributed by atoms with Gasteiger partial charge in [-0.05, 0) is 58.0 Å². The maximum Gasteiger partial charge on any atom is 0.296 e. The number of hydrogen-bond acceptors (Lipinski definition) is 4. The first kappa shape index (κ1) is 36.1. The standard InChI is InChI=1S/C24H51N.C8H10O3S/c1-4-7-10-13-16-19-22-25(23-20-17-14-11-8-5-2)24-21-18-15-12-9-6-3;1-7-3-5-8(6-4-7)12(9,10)11-2/h4-24H2,1-3H3;3-6H,1-2H3. The number of rotatable bonds is 23. The second-order valence-corrected chi connectivity index (χ2v) is 12.3. The third-order valence-electron chi connectivity index (χ3n) is 7.01. The lowest BCUT2D eigenvalue weighted by Gasteiger charge is -2.22. The molecule has 0 spiro atoms. The summed E-state index contributed by atoms with van der Waals surface area (Å²) in [6.07, 6.45) is 25.7. The van der Waals surface area contributed by atoms with Crippen molar-refractivity contribution in [3.05, 3.63) is 29.8 Å². The third kappa shape index (κ3) is 21.7. The first-order valence-electron chi connectivity index (χ1n) is 15.5. The second kappa shape index (κ2) is 25.4. The molecule has 0 atom stereocenters. The summed E-state index contributed by atoms with van der Waals surface area (Å²) < 4.78 is 26.5. The Hall–Kier alpha value is -0.910. The monoisotopic (exact) mass is 539 g/mol. The van der Waals surface area contributed by atoms with Gasteiger partial charge in [0.15, 0.2) is 0 Å². The zero-order valence-electron chi connectivity index (χ0n) is 25.2. The first-order chi connectivity index (χ1) is 17.9. The van der Waals surface area contributed by atoms with E-state index in [-0.39, 0.29) is 4.90 Å². The Labute approximate surface area is 232 Å². The Kier molecular flexibility index (Phi) is 24.7. The fraction of sp³-hybridized carbons (Fsp3) is 0.812. The van der Waals surface area contributed by atoms with E-state index < -0.39 is 10.1 Å². The maximum atomic E-state index is 11.1. The Bertz CT molecular complexity index is 665. The van der Waals surface area contributed by atoms with E-state index in [1.165, 1.54) is 147 Å². The Morgan fingerprint density at radius 3 is 1.22 bits per heavy atom. The van der Waals surface area contributed by atoms with Crippen molar-refractivity contribution in [3.8, 4) is 0 Å². The number of unbranched alkanes of at least 4 members (excludes halogenated alkanes) is 15. The van der Waals surface area contributed by atoms with Crippen molar-refractivity contribution in [1.82, 2.24) is 4.90 Å². The average Bonchev–Trinajstić information content (AvgIpc) is 2.90. The molecule has 1 aromatic rings. The summed E-state index contributed by atoms with van der Waals surface area (Å²) in [6.45, 7) is 12.9. The van der Waals surface area contributed by atoms with E-state index in [1.54, 1.807) is 12.1 Å². The van der Waals surface area contributed by atoms with Crippen molar-refractivity contribution >= 4 is 10.1 Å². The van der Waals surface area contributed by atoms with Crippen LogP contribution in [0.3, 0.4) is 0 Å². The van der Waals surface area contributed by atoms with Gasteiger partial charge in [-0.25, -0.2) is 0 Å². The van der Waals surface area contributed by atoms with Gasteiger partial charge in [0.05, 0.1) is 12.0 Å². The van der Waals surface area contributed by atoms with Gasteiger partial charge in [0.25, 0.3) is 10.1 Å². The molecular formula is C32H61NO3S. The zero-order chi connectivity index (χ0) is 27.6. The minimum Gasteiger partial charge on any atom is -0.303 e. The van der Waals surface area contributed by atoms with Crippen molar-refractivity contribution in [2.45, 2.75) is 148 Å². The molecule has 0 saturated carbocycles. The van der Waals surface area contributed by atoms with E-state index in [4.69, 9.17) is 0 Å². The highest BCUT2D eigenvalue weighted by Gasteiger charge is 2.11. The quantitative estimate of drug-likeness (QED) is 0.103. The number of nitrogens with zero attached hydrogens (tertiary/aromatic N) is 1. The summed E-state index contributed by atoms with van der Waals surface area (Å²) in [5.41, 5.74) is 1.02. The summed E-state index contributed by atoms with van der Waals surface area (Å²) in [7, 11) is -2.37. The van der Waals surface area contributed by atoms with E-state index >= 15 is 0 Å². The summed E-state index contributed by atoms with van der Waals surface area (Å²) >= 11 is 0. The van der Waals surface area contributed by atoms with E-state index in [0.717, 1.165) is 12.7 Å². The van der Waals surface area contributed by atoms with Crippen molar-refractivity contribution in [1.29, 1.82) is 0 Å². The minimum atomic E-state index is -3.51. The third-order valence-corrected chi connectivity index (χ3v) is 8.30. The van der Waals surface area contributed by atoms with Crippen LogP contribution in [-0.2, 0) is 14.3 Å². The van der Waals surface area contributed by atoms with E-state index in [0.29, 0.717) is 0 Å². The van der Waals surface area contributed by atoms with Gasteiger partial charge in [0.1, 0.15) is 0 Å². The topological polar surface area (TPSA) is 46.6 Å². The van der Waals surface area contributed by atoms with Gasteiger partial charge in [-0.1, -0.05) is 135 Å². The van der Waals surface area contributed by atoms with Crippen molar-refractivity contribution < 1.29 is 12.6 Å². The van der Waals surface area contributed by atoms with Crippen LogP contribution in [0.25, 0.3) is 0 Å². The van der Waals surface area contributed by atoms with Crippen LogP contribution in [0.4, 0.5) is 0 Å². The number of hydrogen-bond donors (Lipinski definition) is 0. The highest BCUT2D eigenvalue weighted by Crippen LogP contribution is 2.12. The first-order valence-corrected chi connectivity index (χ1v) is 16.9. The van der Waals surface area contributed by atoms with Crippen LogP contribution < -0.4 is 0 Å². The Balaban J connectivity index is 0.000000893.